The molecule has 2 aliphatic rings. The number of likely N-dealkylation sites (tertiary alicyclic amines) is 1. The summed E-state index contributed by atoms with van der Waals surface area (Å²) in [5.74, 6) is 1.45. The van der Waals surface area contributed by atoms with Crippen LogP contribution in [0.4, 0.5) is 11.5 Å². The Bertz CT molecular complexity index is 2210. The van der Waals surface area contributed by atoms with Crippen LogP contribution in [0.25, 0.3) is 33.3 Å². The summed E-state index contributed by atoms with van der Waals surface area (Å²) in [6.07, 6.45) is 5.93. The highest BCUT2D eigenvalue weighted by molar-refractivity contribution is 6.36. The monoisotopic (exact) mass is 665 g/mol. The van der Waals surface area contributed by atoms with Gasteiger partial charge in [-0.15, -0.1) is 5.10 Å². The van der Waals surface area contributed by atoms with Gasteiger partial charge in [-0.05, 0) is 60.9 Å². The number of aryl methyl sites for hydroxylation is 2. The van der Waals surface area contributed by atoms with Gasteiger partial charge in [0.25, 0.3) is 5.56 Å². The molecule has 1 aliphatic carbocycles. The van der Waals surface area contributed by atoms with E-state index in [0.717, 1.165) is 82.4 Å². The summed E-state index contributed by atoms with van der Waals surface area (Å²) in [4.78, 5) is 43.9. The van der Waals surface area contributed by atoms with Gasteiger partial charge in [0.15, 0.2) is 5.82 Å². The number of hydrogen-bond acceptors (Lipinski definition) is 9. The molecule has 1 saturated heterocycles. The van der Waals surface area contributed by atoms with Gasteiger partial charge in [-0.3, -0.25) is 18.8 Å². The van der Waals surface area contributed by atoms with E-state index in [4.69, 9.17) is 21.3 Å². The third-order valence-electron chi connectivity index (χ3n) is 9.88. The van der Waals surface area contributed by atoms with Gasteiger partial charge in [0.1, 0.15) is 11.7 Å². The Balaban J connectivity index is 1.22. The number of methoxy groups -OCH3 is 1. The van der Waals surface area contributed by atoms with E-state index in [1.165, 1.54) is 23.4 Å². The Morgan fingerprint density at radius 1 is 1.06 bits per heavy atom. The molecule has 2 aromatic carbocycles. The zero-order chi connectivity index (χ0) is 33.7. The van der Waals surface area contributed by atoms with Gasteiger partial charge in [-0.2, -0.15) is 5.10 Å². The van der Waals surface area contributed by atoms with Gasteiger partial charge in [0.2, 0.25) is 5.88 Å². The molecule has 1 aliphatic heterocycles. The summed E-state index contributed by atoms with van der Waals surface area (Å²) in [5.41, 5.74) is 6.77. The first-order valence-electron chi connectivity index (χ1n) is 16.0. The van der Waals surface area contributed by atoms with Crippen molar-refractivity contribution in [2.75, 3.05) is 25.5 Å². The molecule has 0 spiro atoms. The number of ether oxygens (including phenoxy) is 1. The normalized spacial score (nSPS) is 16.1. The predicted molar refractivity (Wildman–Crippen MR) is 186 cm³/mol. The number of nitrogens with one attached hydrogen (secondary N) is 1. The number of aromatic nitrogens is 5. The first-order chi connectivity index (χ1) is 23.2. The zero-order valence-corrected chi connectivity index (χ0v) is 28.0. The number of carbonyl (C=O) groups excluding carboxylic acids is 1. The summed E-state index contributed by atoms with van der Waals surface area (Å²) in [7, 11) is 4.71. The van der Waals surface area contributed by atoms with Crippen molar-refractivity contribution in [3.8, 4) is 28.3 Å². The average Bonchev–Trinajstić information content (AvgIpc) is 3.50. The number of benzene rings is 2. The molecule has 0 radical (unpaired) electrons. The summed E-state index contributed by atoms with van der Waals surface area (Å²) in [5, 5.41) is 12.4. The molecule has 0 unspecified atom stereocenters. The summed E-state index contributed by atoms with van der Waals surface area (Å²) in [6.45, 7) is 3.96. The zero-order valence-electron chi connectivity index (χ0n) is 27.3. The highest BCUT2D eigenvalue weighted by Gasteiger charge is 2.38. The highest BCUT2D eigenvalue weighted by Crippen LogP contribution is 2.46. The molecule has 0 bridgehead atoms. The topological polar surface area (TPSA) is 124 Å². The molecular weight excluding hydrogens is 630 g/mol. The van der Waals surface area contributed by atoms with Crippen LogP contribution < -0.4 is 21.3 Å². The fourth-order valence-electron chi connectivity index (χ4n) is 7.23. The Hall–Kier alpha value is -4.87. The number of fused-ring (bicyclic) bond motifs is 2. The van der Waals surface area contributed by atoms with E-state index in [-0.39, 0.29) is 17.2 Å². The highest BCUT2D eigenvalue weighted by atomic mass is 35.5. The SMILES string of the molecule is COc1nc(-c2cccc(-c3cccc(Nc4nncc5c4c(=O)n(C)c(=O)n5C)c3C)c2Cl)cc2c1[C@H](N1CC(CCC=O)C1)CC2. The maximum absolute atomic E-state index is 13.1. The van der Waals surface area contributed by atoms with Crippen LogP contribution in [0.5, 0.6) is 5.88 Å². The maximum atomic E-state index is 13.1. The second-order valence-electron chi connectivity index (χ2n) is 12.6. The lowest BCUT2D eigenvalue weighted by molar-refractivity contribution is -0.108. The molecule has 4 heterocycles. The summed E-state index contributed by atoms with van der Waals surface area (Å²) < 4.78 is 8.32. The standard InChI is InChI=1S/C36H36ClN7O4/c1-20-23(9-6-12-26(20)39-33-31-29(17-38-41-33)42(2)36(47)43(3)35(31)46)24-10-5-11-25(32(24)37)27-16-22-13-14-28(30(22)34(40-27)48-4)44-18-21(19-44)8-7-15-45/h5-6,9-12,15-17,21,28H,7-8,13-14,18-19H2,1-4H3,(H,39,41)/t28-/m1/s1. The fraction of sp³-hybridized carbons (Fsp3) is 0.333. The van der Waals surface area contributed by atoms with E-state index in [0.29, 0.717) is 28.8 Å². The third kappa shape index (κ3) is 5.27. The molecule has 0 amide bonds. The molecule has 7 rings (SSSR count). The number of nitrogens with zero attached hydrogens (tertiary/aromatic N) is 6. The number of anilines is 2. The van der Waals surface area contributed by atoms with Gasteiger partial charge < -0.3 is 14.8 Å². The van der Waals surface area contributed by atoms with Crippen LogP contribution in [0, 0.1) is 12.8 Å². The van der Waals surface area contributed by atoms with Gasteiger partial charge in [0, 0.05) is 62.0 Å². The van der Waals surface area contributed by atoms with Crippen molar-refractivity contribution < 1.29 is 9.53 Å². The number of aldehydes is 1. The third-order valence-corrected chi connectivity index (χ3v) is 10.3. The lowest BCUT2D eigenvalue weighted by Gasteiger charge is -2.43. The minimum Gasteiger partial charge on any atom is -0.481 e. The maximum Gasteiger partial charge on any atom is 0.330 e. The Morgan fingerprint density at radius 3 is 2.58 bits per heavy atom. The van der Waals surface area contributed by atoms with Crippen molar-refractivity contribution in [3.05, 3.63) is 91.2 Å². The van der Waals surface area contributed by atoms with Crippen LogP contribution in [0.2, 0.25) is 5.02 Å². The number of hydrogen-bond donors (Lipinski definition) is 1. The minimum absolute atomic E-state index is 0.256. The van der Waals surface area contributed by atoms with E-state index >= 15 is 0 Å². The van der Waals surface area contributed by atoms with Crippen molar-refractivity contribution in [2.45, 2.75) is 38.6 Å². The molecular formula is C36H36ClN7O4. The van der Waals surface area contributed by atoms with Crippen molar-refractivity contribution in [1.29, 1.82) is 0 Å². The molecule has 1 fully saturated rings. The Morgan fingerprint density at radius 2 is 1.81 bits per heavy atom. The van der Waals surface area contributed by atoms with E-state index in [2.05, 4.69) is 26.5 Å². The first-order valence-corrected chi connectivity index (χ1v) is 16.4. The second-order valence-corrected chi connectivity index (χ2v) is 13.0. The number of rotatable bonds is 9. The second kappa shape index (κ2) is 12.6. The van der Waals surface area contributed by atoms with Crippen LogP contribution in [0.3, 0.4) is 0 Å². The lowest BCUT2D eigenvalue weighted by atomic mass is 9.91. The van der Waals surface area contributed by atoms with Crippen molar-refractivity contribution in [2.24, 2.45) is 20.0 Å². The van der Waals surface area contributed by atoms with Crippen LogP contribution >= 0.6 is 11.6 Å². The van der Waals surface area contributed by atoms with E-state index in [1.54, 1.807) is 14.2 Å². The van der Waals surface area contributed by atoms with Crippen LogP contribution in [-0.2, 0) is 25.3 Å². The van der Waals surface area contributed by atoms with Gasteiger partial charge in [-0.25, -0.2) is 9.78 Å². The lowest BCUT2D eigenvalue weighted by Crippen LogP contribution is -2.48. The molecule has 0 saturated carbocycles. The van der Waals surface area contributed by atoms with E-state index in [9.17, 15) is 14.4 Å². The van der Waals surface area contributed by atoms with Crippen LogP contribution in [0.1, 0.15) is 42.0 Å². The molecule has 11 nitrogen and oxygen atoms in total. The predicted octanol–water partition coefficient (Wildman–Crippen LogP) is 5.37. The number of pyridine rings is 1. The van der Waals surface area contributed by atoms with Crippen LogP contribution in [-0.4, -0.2) is 55.7 Å². The van der Waals surface area contributed by atoms with Crippen molar-refractivity contribution >= 4 is 40.3 Å². The molecule has 246 valence electrons. The molecule has 48 heavy (non-hydrogen) atoms. The van der Waals surface area contributed by atoms with Crippen molar-refractivity contribution in [3.63, 3.8) is 0 Å². The van der Waals surface area contributed by atoms with Crippen molar-refractivity contribution in [1.82, 2.24) is 29.2 Å². The molecule has 12 heteroatoms. The van der Waals surface area contributed by atoms with E-state index in [1.807, 2.05) is 43.3 Å². The first kappa shape index (κ1) is 31.7. The quantitative estimate of drug-likeness (QED) is 0.207. The minimum atomic E-state index is -0.456. The number of carbonyl (C=O) groups is 1. The smallest absolute Gasteiger partial charge is 0.330 e. The van der Waals surface area contributed by atoms with Crippen LogP contribution in [0.15, 0.2) is 58.3 Å². The Kier molecular flexibility index (Phi) is 8.34. The largest absolute Gasteiger partial charge is 0.481 e. The van der Waals surface area contributed by atoms with Gasteiger partial charge in [-0.1, -0.05) is 41.9 Å². The molecule has 1 N–H and O–H groups in total. The number of halogens is 1. The Labute approximate surface area is 282 Å². The molecule has 5 aromatic rings. The van der Waals surface area contributed by atoms with Gasteiger partial charge >= 0.3 is 5.69 Å². The summed E-state index contributed by atoms with van der Waals surface area (Å²) in [6, 6.07) is 14.1. The summed E-state index contributed by atoms with van der Waals surface area (Å²) >= 11 is 7.19. The molecule has 1 atom stereocenters. The molecule has 3 aromatic heterocycles. The van der Waals surface area contributed by atoms with E-state index < -0.39 is 11.2 Å². The van der Waals surface area contributed by atoms with Gasteiger partial charge in [0.05, 0.1) is 29.5 Å². The fourth-order valence-corrected chi connectivity index (χ4v) is 7.56. The average molecular weight is 666 g/mol.